The number of fused-ring (bicyclic) bond motifs is 1. The van der Waals surface area contributed by atoms with Crippen molar-refractivity contribution in [2.75, 3.05) is 30.4 Å². The van der Waals surface area contributed by atoms with Crippen molar-refractivity contribution in [1.82, 2.24) is 14.6 Å². The van der Waals surface area contributed by atoms with Gasteiger partial charge < -0.3 is 15.0 Å². The molecule has 1 amide bonds. The lowest BCUT2D eigenvalue weighted by Gasteiger charge is -2.32. The molecule has 1 atom stereocenters. The van der Waals surface area contributed by atoms with Crippen LogP contribution >= 0.6 is 0 Å². The second kappa shape index (κ2) is 7.26. The Morgan fingerprint density at radius 3 is 2.96 bits per heavy atom. The van der Waals surface area contributed by atoms with Crippen molar-refractivity contribution in [2.24, 2.45) is 5.92 Å². The van der Waals surface area contributed by atoms with E-state index in [1.54, 1.807) is 7.11 Å². The Bertz CT molecular complexity index is 968. The fraction of sp³-hybridized carbons (Fsp3) is 0.350. The summed E-state index contributed by atoms with van der Waals surface area (Å²) in [4.78, 5) is 15.0. The largest absolute Gasteiger partial charge is 0.497 e. The molecule has 0 radical (unpaired) electrons. The summed E-state index contributed by atoms with van der Waals surface area (Å²) in [6, 6.07) is 11.5. The summed E-state index contributed by atoms with van der Waals surface area (Å²) in [6.45, 7) is 3.48. The Labute approximate surface area is 158 Å². The topological polar surface area (TPSA) is 71.8 Å². The number of carbonyl (C=O) groups is 1. The highest BCUT2D eigenvalue weighted by molar-refractivity contribution is 5.93. The van der Waals surface area contributed by atoms with E-state index >= 15 is 0 Å². The summed E-state index contributed by atoms with van der Waals surface area (Å²) < 4.78 is 7.19. The number of amides is 1. The number of hydrogen-bond donors (Lipinski definition) is 1. The first-order valence-electron chi connectivity index (χ1n) is 9.16. The van der Waals surface area contributed by atoms with Crippen LogP contribution < -0.4 is 15.0 Å². The molecular weight excluding hydrogens is 342 g/mol. The third-order valence-corrected chi connectivity index (χ3v) is 5.06. The van der Waals surface area contributed by atoms with Gasteiger partial charge in [0, 0.05) is 25.0 Å². The molecule has 0 spiro atoms. The predicted octanol–water partition coefficient (Wildman–Crippen LogP) is 2.90. The number of hydrogen-bond acceptors (Lipinski definition) is 5. The molecule has 2 aromatic heterocycles. The number of ether oxygens (including phenoxy) is 1. The average molecular weight is 365 g/mol. The van der Waals surface area contributed by atoms with Gasteiger partial charge in [-0.25, -0.2) is 0 Å². The third kappa shape index (κ3) is 3.45. The first-order chi connectivity index (χ1) is 13.2. The Balaban J connectivity index is 1.48. The molecule has 4 rings (SSSR count). The van der Waals surface area contributed by atoms with Gasteiger partial charge in [0.1, 0.15) is 5.75 Å². The van der Waals surface area contributed by atoms with Crippen molar-refractivity contribution in [3.05, 3.63) is 48.2 Å². The Morgan fingerprint density at radius 2 is 2.15 bits per heavy atom. The van der Waals surface area contributed by atoms with Gasteiger partial charge in [0.25, 0.3) is 0 Å². The molecule has 1 aliphatic heterocycles. The SMILES string of the molecule is COc1ccc(NC(=O)[C@H]2CCCN(c3nnc4ccccn34)C2)c(C)c1. The molecule has 1 N–H and O–H groups in total. The number of nitrogens with one attached hydrogen (secondary N) is 1. The van der Waals surface area contributed by atoms with Crippen LogP contribution in [-0.2, 0) is 4.79 Å². The zero-order chi connectivity index (χ0) is 18.8. The summed E-state index contributed by atoms with van der Waals surface area (Å²) >= 11 is 0. The normalized spacial score (nSPS) is 17.1. The molecule has 0 unspecified atom stereocenters. The zero-order valence-corrected chi connectivity index (χ0v) is 15.6. The molecule has 27 heavy (non-hydrogen) atoms. The van der Waals surface area contributed by atoms with Crippen molar-refractivity contribution in [2.45, 2.75) is 19.8 Å². The second-order valence-corrected chi connectivity index (χ2v) is 6.88. The van der Waals surface area contributed by atoms with Gasteiger partial charge in [0.15, 0.2) is 5.65 Å². The van der Waals surface area contributed by atoms with Gasteiger partial charge in [-0.1, -0.05) is 6.07 Å². The van der Waals surface area contributed by atoms with Gasteiger partial charge in [0.05, 0.1) is 13.0 Å². The molecule has 7 heteroatoms. The lowest BCUT2D eigenvalue weighted by molar-refractivity contribution is -0.120. The minimum absolute atomic E-state index is 0.0433. The van der Waals surface area contributed by atoms with Crippen molar-refractivity contribution >= 4 is 23.2 Å². The Kier molecular flexibility index (Phi) is 4.66. The molecule has 0 saturated carbocycles. The fourth-order valence-corrected chi connectivity index (χ4v) is 3.56. The monoisotopic (exact) mass is 365 g/mol. The summed E-state index contributed by atoms with van der Waals surface area (Å²) in [7, 11) is 1.64. The number of methoxy groups -OCH3 is 1. The van der Waals surface area contributed by atoms with Crippen LogP contribution in [0.5, 0.6) is 5.75 Å². The number of aromatic nitrogens is 3. The number of rotatable bonds is 4. The van der Waals surface area contributed by atoms with Crippen molar-refractivity contribution in [3.63, 3.8) is 0 Å². The molecule has 140 valence electrons. The Morgan fingerprint density at radius 1 is 1.26 bits per heavy atom. The van der Waals surface area contributed by atoms with Crippen LogP contribution in [0.25, 0.3) is 5.65 Å². The number of pyridine rings is 1. The number of anilines is 2. The molecule has 1 saturated heterocycles. The summed E-state index contributed by atoms with van der Waals surface area (Å²) in [5.74, 6) is 1.54. The van der Waals surface area contributed by atoms with Crippen LogP contribution in [0, 0.1) is 12.8 Å². The van der Waals surface area contributed by atoms with Crippen molar-refractivity contribution < 1.29 is 9.53 Å². The smallest absolute Gasteiger partial charge is 0.231 e. The first-order valence-corrected chi connectivity index (χ1v) is 9.16. The van der Waals surface area contributed by atoms with Crippen LogP contribution in [0.4, 0.5) is 11.6 Å². The van der Waals surface area contributed by atoms with E-state index in [0.29, 0.717) is 6.54 Å². The molecule has 1 fully saturated rings. The summed E-state index contributed by atoms with van der Waals surface area (Å²) in [6.07, 6.45) is 3.77. The molecule has 7 nitrogen and oxygen atoms in total. The maximum atomic E-state index is 12.8. The molecule has 3 heterocycles. The van der Waals surface area contributed by atoms with E-state index in [2.05, 4.69) is 20.4 Å². The zero-order valence-electron chi connectivity index (χ0n) is 15.6. The van der Waals surface area contributed by atoms with Gasteiger partial charge >= 0.3 is 0 Å². The maximum absolute atomic E-state index is 12.8. The molecule has 3 aromatic rings. The molecule has 1 aliphatic rings. The summed E-state index contributed by atoms with van der Waals surface area (Å²) in [5.41, 5.74) is 2.62. The quantitative estimate of drug-likeness (QED) is 0.770. The second-order valence-electron chi connectivity index (χ2n) is 6.88. The van der Waals surface area contributed by atoms with E-state index in [-0.39, 0.29) is 11.8 Å². The van der Waals surface area contributed by atoms with Gasteiger partial charge in [-0.2, -0.15) is 0 Å². The molecule has 0 aliphatic carbocycles. The number of nitrogens with zero attached hydrogens (tertiary/aromatic N) is 4. The Hall–Kier alpha value is -3.09. The van der Waals surface area contributed by atoms with E-state index in [9.17, 15) is 4.79 Å². The molecular formula is C20H23N5O2. The lowest BCUT2D eigenvalue weighted by Crippen LogP contribution is -2.41. The maximum Gasteiger partial charge on any atom is 0.231 e. The van der Waals surface area contributed by atoms with Crippen molar-refractivity contribution in [3.8, 4) is 5.75 Å². The first kappa shape index (κ1) is 17.3. The predicted molar refractivity (Wildman–Crippen MR) is 104 cm³/mol. The van der Waals surface area contributed by atoms with Gasteiger partial charge in [-0.3, -0.25) is 9.20 Å². The minimum Gasteiger partial charge on any atom is -0.497 e. The van der Waals surface area contributed by atoms with Gasteiger partial charge in [0.2, 0.25) is 11.9 Å². The van der Waals surface area contributed by atoms with Crippen LogP contribution in [0.2, 0.25) is 0 Å². The van der Waals surface area contributed by atoms with E-state index < -0.39 is 0 Å². The molecule has 0 bridgehead atoms. The number of benzene rings is 1. The third-order valence-electron chi connectivity index (χ3n) is 5.06. The van der Waals surface area contributed by atoms with Crippen LogP contribution in [0.15, 0.2) is 42.6 Å². The van der Waals surface area contributed by atoms with Crippen molar-refractivity contribution in [1.29, 1.82) is 0 Å². The average Bonchev–Trinajstić information content (AvgIpc) is 3.13. The van der Waals surface area contributed by atoms with E-state index in [4.69, 9.17) is 4.74 Å². The highest BCUT2D eigenvalue weighted by Crippen LogP contribution is 2.25. The molecule has 1 aromatic carbocycles. The fourth-order valence-electron chi connectivity index (χ4n) is 3.56. The number of carbonyl (C=O) groups excluding carboxylic acids is 1. The van der Waals surface area contributed by atoms with E-state index in [1.165, 1.54) is 0 Å². The lowest BCUT2D eigenvalue weighted by atomic mass is 9.97. The van der Waals surface area contributed by atoms with Crippen LogP contribution in [-0.4, -0.2) is 40.7 Å². The standard InChI is InChI=1S/C20H23N5O2/c1-14-12-16(27-2)8-9-17(14)21-19(26)15-6-5-10-24(13-15)20-23-22-18-7-3-4-11-25(18)20/h3-4,7-9,11-12,15H,5-6,10,13H2,1-2H3,(H,21,26)/t15-/m0/s1. The number of piperidine rings is 1. The van der Waals surface area contributed by atoms with Crippen LogP contribution in [0.3, 0.4) is 0 Å². The highest BCUT2D eigenvalue weighted by Gasteiger charge is 2.28. The van der Waals surface area contributed by atoms with E-state index in [1.807, 2.05) is 53.9 Å². The van der Waals surface area contributed by atoms with E-state index in [0.717, 1.165) is 48.0 Å². The van der Waals surface area contributed by atoms with Gasteiger partial charge in [-0.05, 0) is 55.7 Å². The highest BCUT2D eigenvalue weighted by atomic mass is 16.5. The number of aryl methyl sites for hydroxylation is 1. The van der Waals surface area contributed by atoms with Crippen LogP contribution in [0.1, 0.15) is 18.4 Å². The summed E-state index contributed by atoms with van der Waals surface area (Å²) in [5, 5.41) is 11.6. The van der Waals surface area contributed by atoms with Gasteiger partial charge in [-0.15, -0.1) is 10.2 Å². The minimum atomic E-state index is -0.0867.